The second-order valence-corrected chi connectivity index (χ2v) is 4.51. The molecule has 0 saturated heterocycles. The van der Waals surface area contributed by atoms with E-state index < -0.39 is 5.97 Å². The SMILES string of the molecule is COc1ccccc1C(=O)NCCSCC(=O)O. The maximum absolute atomic E-state index is 11.8. The van der Waals surface area contributed by atoms with Gasteiger partial charge in [-0.15, -0.1) is 11.8 Å². The van der Waals surface area contributed by atoms with Crippen molar-refractivity contribution in [2.75, 3.05) is 25.2 Å². The van der Waals surface area contributed by atoms with Gasteiger partial charge in [-0.05, 0) is 12.1 Å². The molecule has 0 unspecified atom stereocenters. The molecule has 0 aliphatic heterocycles. The summed E-state index contributed by atoms with van der Waals surface area (Å²) in [6.07, 6.45) is 0. The fourth-order valence-corrected chi connectivity index (χ4v) is 1.89. The van der Waals surface area contributed by atoms with E-state index in [1.54, 1.807) is 24.3 Å². The van der Waals surface area contributed by atoms with E-state index in [0.717, 1.165) is 0 Å². The summed E-state index contributed by atoms with van der Waals surface area (Å²) >= 11 is 1.26. The highest BCUT2D eigenvalue weighted by atomic mass is 32.2. The van der Waals surface area contributed by atoms with Gasteiger partial charge < -0.3 is 15.2 Å². The Bertz CT molecular complexity index is 422. The number of carbonyl (C=O) groups is 2. The van der Waals surface area contributed by atoms with E-state index in [2.05, 4.69) is 5.32 Å². The van der Waals surface area contributed by atoms with Crippen molar-refractivity contribution in [1.29, 1.82) is 0 Å². The number of amides is 1. The standard InChI is InChI=1S/C12H15NO4S/c1-17-10-5-3-2-4-9(10)12(16)13-6-7-18-8-11(14)15/h2-5H,6-8H2,1H3,(H,13,16)(H,14,15). The number of hydrogen-bond acceptors (Lipinski definition) is 4. The van der Waals surface area contributed by atoms with Gasteiger partial charge in [0.1, 0.15) is 5.75 Å². The number of ether oxygens (including phenoxy) is 1. The minimum Gasteiger partial charge on any atom is -0.496 e. The Morgan fingerprint density at radius 1 is 1.39 bits per heavy atom. The number of methoxy groups -OCH3 is 1. The van der Waals surface area contributed by atoms with Crippen LogP contribution in [0.3, 0.4) is 0 Å². The largest absolute Gasteiger partial charge is 0.496 e. The summed E-state index contributed by atoms with van der Waals surface area (Å²) in [7, 11) is 1.51. The molecule has 0 radical (unpaired) electrons. The molecular weight excluding hydrogens is 254 g/mol. The number of thioether (sulfide) groups is 1. The fourth-order valence-electron chi connectivity index (χ4n) is 1.32. The summed E-state index contributed by atoms with van der Waals surface area (Å²) in [5.74, 6) is 0.0603. The molecule has 0 aliphatic rings. The number of nitrogens with one attached hydrogen (secondary N) is 1. The average molecular weight is 269 g/mol. The number of carboxylic acid groups (broad SMARTS) is 1. The number of carbonyl (C=O) groups excluding carboxylic acids is 1. The first-order valence-corrected chi connectivity index (χ1v) is 6.51. The van der Waals surface area contributed by atoms with Gasteiger partial charge in [-0.1, -0.05) is 12.1 Å². The Labute approximate surface area is 110 Å². The van der Waals surface area contributed by atoms with Gasteiger partial charge in [-0.25, -0.2) is 0 Å². The van der Waals surface area contributed by atoms with Gasteiger partial charge in [0.2, 0.25) is 0 Å². The third-order valence-corrected chi connectivity index (χ3v) is 3.05. The first kappa shape index (κ1) is 14.4. The molecule has 1 rings (SSSR count). The summed E-state index contributed by atoms with van der Waals surface area (Å²) in [4.78, 5) is 22.1. The molecular formula is C12H15NO4S. The van der Waals surface area contributed by atoms with Gasteiger partial charge >= 0.3 is 5.97 Å². The minimum absolute atomic E-state index is 0.0462. The molecule has 0 atom stereocenters. The first-order valence-electron chi connectivity index (χ1n) is 5.36. The lowest BCUT2D eigenvalue weighted by molar-refractivity contribution is -0.133. The second kappa shape index (κ2) is 7.60. The van der Waals surface area contributed by atoms with Crippen LogP contribution in [0, 0.1) is 0 Å². The molecule has 1 aromatic rings. The molecule has 2 N–H and O–H groups in total. The smallest absolute Gasteiger partial charge is 0.313 e. The highest BCUT2D eigenvalue weighted by molar-refractivity contribution is 7.99. The van der Waals surface area contributed by atoms with E-state index in [9.17, 15) is 9.59 Å². The summed E-state index contributed by atoms with van der Waals surface area (Å²) in [6.45, 7) is 0.425. The van der Waals surface area contributed by atoms with Crippen LogP contribution < -0.4 is 10.1 Å². The van der Waals surface area contributed by atoms with E-state index in [1.165, 1.54) is 18.9 Å². The Morgan fingerprint density at radius 2 is 2.11 bits per heavy atom. The Morgan fingerprint density at radius 3 is 2.78 bits per heavy atom. The summed E-state index contributed by atoms with van der Waals surface area (Å²) in [5.41, 5.74) is 0.475. The predicted molar refractivity (Wildman–Crippen MR) is 70.3 cm³/mol. The summed E-state index contributed by atoms with van der Waals surface area (Å²) < 4.78 is 5.08. The lowest BCUT2D eigenvalue weighted by Crippen LogP contribution is -2.26. The van der Waals surface area contributed by atoms with Crippen molar-refractivity contribution < 1.29 is 19.4 Å². The molecule has 0 bridgehead atoms. The highest BCUT2D eigenvalue weighted by Crippen LogP contribution is 2.16. The van der Waals surface area contributed by atoms with Crippen LogP contribution in [0.15, 0.2) is 24.3 Å². The monoisotopic (exact) mass is 269 g/mol. The van der Waals surface area contributed by atoms with Gasteiger partial charge in [0, 0.05) is 12.3 Å². The van der Waals surface area contributed by atoms with E-state index in [0.29, 0.717) is 23.6 Å². The molecule has 1 aromatic carbocycles. The molecule has 0 saturated carbocycles. The average Bonchev–Trinajstić information content (AvgIpc) is 2.37. The van der Waals surface area contributed by atoms with Crippen LogP contribution in [0.25, 0.3) is 0 Å². The second-order valence-electron chi connectivity index (χ2n) is 3.40. The van der Waals surface area contributed by atoms with Crippen LogP contribution in [0.5, 0.6) is 5.75 Å². The van der Waals surface area contributed by atoms with E-state index >= 15 is 0 Å². The van der Waals surface area contributed by atoms with Crippen molar-refractivity contribution in [3.05, 3.63) is 29.8 Å². The van der Waals surface area contributed by atoms with Gasteiger partial charge in [0.05, 0.1) is 18.4 Å². The van der Waals surface area contributed by atoms with Crippen LogP contribution in [-0.4, -0.2) is 42.1 Å². The van der Waals surface area contributed by atoms with Gasteiger partial charge in [-0.3, -0.25) is 9.59 Å². The Balaban J connectivity index is 2.38. The van der Waals surface area contributed by atoms with Crippen molar-refractivity contribution in [3.63, 3.8) is 0 Å². The van der Waals surface area contributed by atoms with E-state index in [4.69, 9.17) is 9.84 Å². The Kier molecular flexibility index (Phi) is 6.07. The zero-order valence-corrected chi connectivity index (χ0v) is 10.8. The molecule has 0 heterocycles. The predicted octanol–water partition coefficient (Wildman–Crippen LogP) is 1.24. The maximum atomic E-state index is 11.8. The maximum Gasteiger partial charge on any atom is 0.313 e. The number of carboxylic acids is 1. The lowest BCUT2D eigenvalue weighted by atomic mass is 10.2. The van der Waals surface area contributed by atoms with Gasteiger partial charge in [-0.2, -0.15) is 0 Å². The molecule has 18 heavy (non-hydrogen) atoms. The molecule has 0 aliphatic carbocycles. The van der Waals surface area contributed by atoms with Crippen molar-refractivity contribution in [2.45, 2.75) is 0 Å². The topological polar surface area (TPSA) is 75.6 Å². The Hall–Kier alpha value is -1.69. The van der Waals surface area contributed by atoms with Gasteiger partial charge in [0.15, 0.2) is 0 Å². The van der Waals surface area contributed by atoms with Crippen LogP contribution in [0.1, 0.15) is 10.4 Å². The number of para-hydroxylation sites is 1. The number of rotatable bonds is 7. The van der Waals surface area contributed by atoms with Crippen molar-refractivity contribution in [3.8, 4) is 5.75 Å². The molecule has 0 spiro atoms. The molecule has 0 aromatic heterocycles. The van der Waals surface area contributed by atoms with Crippen molar-refractivity contribution in [2.24, 2.45) is 0 Å². The lowest BCUT2D eigenvalue weighted by Gasteiger charge is -2.08. The molecule has 6 heteroatoms. The van der Waals surface area contributed by atoms with Crippen LogP contribution in [0.2, 0.25) is 0 Å². The quantitative estimate of drug-likeness (QED) is 0.728. The van der Waals surface area contributed by atoms with Crippen LogP contribution in [0.4, 0.5) is 0 Å². The normalized spacial score (nSPS) is 9.83. The molecule has 98 valence electrons. The molecule has 1 amide bonds. The van der Waals surface area contributed by atoms with Gasteiger partial charge in [0.25, 0.3) is 5.91 Å². The highest BCUT2D eigenvalue weighted by Gasteiger charge is 2.10. The van der Waals surface area contributed by atoms with Crippen LogP contribution >= 0.6 is 11.8 Å². The van der Waals surface area contributed by atoms with E-state index in [1.807, 2.05) is 0 Å². The zero-order chi connectivity index (χ0) is 13.4. The minimum atomic E-state index is -0.851. The summed E-state index contributed by atoms with van der Waals surface area (Å²) in [5, 5.41) is 11.2. The molecule has 0 fully saturated rings. The van der Waals surface area contributed by atoms with Crippen molar-refractivity contribution in [1.82, 2.24) is 5.32 Å². The third kappa shape index (κ3) is 4.67. The van der Waals surface area contributed by atoms with E-state index in [-0.39, 0.29) is 11.7 Å². The summed E-state index contributed by atoms with van der Waals surface area (Å²) in [6, 6.07) is 6.95. The number of aliphatic carboxylic acids is 1. The van der Waals surface area contributed by atoms with Crippen LogP contribution in [-0.2, 0) is 4.79 Å². The number of hydrogen-bond donors (Lipinski definition) is 2. The molecule has 5 nitrogen and oxygen atoms in total. The fraction of sp³-hybridized carbons (Fsp3) is 0.333. The van der Waals surface area contributed by atoms with Crippen molar-refractivity contribution >= 4 is 23.6 Å². The number of benzene rings is 1. The third-order valence-electron chi connectivity index (χ3n) is 2.11. The first-order chi connectivity index (χ1) is 8.65. The zero-order valence-electron chi connectivity index (χ0n) is 10.0.